The van der Waals surface area contributed by atoms with Crippen molar-refractivity contribution in [2.75, 3.05) is 44.1 Å². The number of aromatic nitrogens is 3. The SMILES string of the molecule is CN1CCCC1NCNc1ncccc1-c1nnc(Nc2ccc3c(c2)OCCO3)o1. The summed E-state index contributed by atoms with van der Waals surface area (Å²) in [5.74, 6) is 2.49. The molecule has 0 amide bonds. The molecular formula is C21H25N7O3. The molecule has 1 aromatic carbocycles. The average molecular weight is 423 g/mol. The van der Waals surface area contributed by atoms with Crippen molar-refractivity contribution in [3.05, 3.63) is 36.5 Å². The highest BCUT2D eigenvalue weighted by Crippen LogP contribution is 2.34. The third-order valence-electron chi connectivity index (χ3n) is 5.37. The fraction of sp³-hybridized carbons (Fsp3) is 0.381. The molecule has 2 aromatic heterocycles. The molecule has 4 heterocycles. The van der Waals surface area contributed by atoms with Gasteiger partial charge in [-0.05, 0) is 50.7 Å². The number of fused-ring (bicyclic) bond motifs is 1. The molecule has 5 rings (SSSR count). The maximum atomic E-state index is 5.84. The van der Waals surface area contributed by atoms with Gasteiger partial charge in [0.05, 0.1) is 18.4 Å². The molecule has 3 aromatic rings. The molecule has 162 valence electrons. The zero-order valence-corrected chi connectivity index (χ0v) is 17.3. The molecule has 0 spiro atoms. The van der Waals surface area contributed by atoms with E-state index in [2.05, 4.69) is 43.1 Å². The first-order valence-corrected chi connectivity index (χ1v) is 10.4. The first-order chi connectivity index (χ1) is 15.3. The zero-order chi connectivity index (χ0) is 21.0. The second-order valence-corrected chi connectivity index (χ2v) is 7.49. The van der Waals surface area contributed by atoms with Gasteiger partial charge in [-0.1, -0.05) is 5.10 Å². The van der Waals surface area contributed by atoms with Crippen molar-refractivity contribution in [2.45, 2.75) is 19.0 Å². The summed E-state index contributed by atoms with van der Waals surface area (Å²) < 4.78 is 17.0. The number of anilines is 3. The highest BCUT2D eigenvalue weighted by Gasteiger charge is 2.20. The van der Waals surface area contributed by atoms with E-state index < -0.39 is 0 Å². The van der Waals surface area contributed by atoms with Gasteiger partial charge in [0.1, 0.15) is 19.0 Å². The number of pyridine rings is 1. The molecule has 10 nitrogen and oxygen atoms in total. The lowest BCUT2D eigenvalue weighted by molar-refractivity contribution is 0.171. The Morgan fingerprint density at radius 3 is 2.90 bits per heavy atom. The predicted octanol–water partition coefficient (Wildman–Crippen LogP) is 2.66. The second-order valence-electron chi connectivity index (χ2n) is 7.49. The second kappa shape index (κ2) is 8.78. The Labute approximate surface area is 180 Å². The lowest BCUT2D eigenvalue weighted by Crippen LogP contribution is -2.41. The first-order valence-electron chi connectivity index (χ1n) is 10.4. The van der Waals surface area contributed by atoms with Crippen molar-refractivity contribution in [2.24, 2.45) is 0 Å². The summed E-state index contributed by atoms with van der Waals surface area (Å²) >= 11 is 0. The van der Waals surface area contributed by atoms with Crippen molar-refractivity contribution >= 4 is 17.5 Å². The lowest BCUT2D eigenvalue weighted by atomic mass is 10.2. The van der Waals surface area contributed by atoms with E-state index in [1.54, 1.807) is 6.20 Å². The van der Waals surface area contributed by atoms with Crippen LogP contribution in [-0.4, -0.2) is 59.7 Å². The molecule has 10 heteroatoms. The average Bonchev–Trinajstić information content (AvgIpc) is 3.43. The van der Waals surface area contributed by atoms with Gasteiger partial charge in [0.25, 0.3) is 5.89 Å². The Balaban J connectivity index is 1.26. The first kappa shape index (κ1) is 19.6. The highest BCUT2D eigenvalue weighted by molar-refractivity contribution is 5.69. The van der Waals surface area contributed by atoms with Gasteiger partial charge in [-0.25, -0.2) is 4.98 Å². The van der Waals surface area contributed by atoms with Crippen molar-refractivity contribution in [1.82, 2.24) is 25.4 Å². The van der Waals surface area contributed by atoms with Gasteiger partial charge in [0.15, 0.2) is 11.5 Å². The molecule has 0 saturated carbocycles. The number of rotatable bonds is 7. The molecule has 1 unspecified atom stereocenters. The van der Waals surface area contributed by atoms with Crippen LogP contribution in [0.15, 0.2) is 40.9 Å². The van der Waals surface area contributed by atoms with Crippen LogP contribution < -0.4 is 25.4 Å². The predicted molar refractivity (Wildman–Crippen MR) is 116 cm³/mol. The maximum absolute atomic E-state index is 5.84. The minimum absolute atomic E-state index is 0.284. The van der Waals surface area contributed by atoms with Crippen LogP contribution in [0.2, 0.25) is 0 Å². The number of benzene rings is 1. The van der Waals surface area contributed by atoms with Crippen LogP contribution in [-0.2, 0) is 0 Å². The number of ether oxygens (including phenoxy) is 2. The summed E-state index contributed by atoms with van der Waals surface area (Å²) in [4.78, 5) is 6.75. The summed E-state index contributed by atoms with van der Waals surface area (Å²) in [5, 5.41) is 18.2. The number of likely N-dealkylation sites (tertiary alicyclic amines) is 1. The van der Waals surface area contributed by atoms with Gasteiger partial charge in [-0.3, -0.25) is 10.2 Å². The van der Waals surface area contributed by atoms with Crippen LogP contribution >= 0.6 is 0 Å². The van der Waals surface area contributed by atoms with Crippen LogP contribution in [0.4, 0.5) is 17.5 Å². The number of hydrogen-bond acceptors (Lipinski definition) is 10. The van der Waals surface area contributed by atoms with Gasteiger partial charge in [-0.15, -0.1) is 5.10 Å². The molecule has 1 atom stereocenters. The molecule has 2 aliphatic heterocycles. The minimum Gasteiger partial charge on any atom is -0.486 e. The third kappa shape index (κ3) is 4.39. The van der Waals surface area contributed by atoms with E-state index in [0.29, 0.717) is 43.5 Å². The Morgan fingerprint density at radius 1 is 1.13 bits per heavy atom. The number of hydrogen-bond donors (Lipinski definition) is 3. The van der Waals surface area contributed by atoms with Crippen LogP contribution in [0.3, 0.4) is 0 Å². The molecule has 0 radical (unpaired) electrons. The standard InChI is InChI=1S/C21H25N7O3/c1-28-9-3-5-18(28)23-13-24-19-15(4-2-8-22-19)20-26-27-21(31-20)25-14-6-7-16-17(12-14)30-11-10-29-16/h2,4,6-8,12,18,23H,3,5,9-11,13H2,1H3,(H,22,24)(H,25,27). The summed E-state index contributed by atoms with van der Waals surface area (Å²) in [7, 11) is 2.13. The van der Waals surface area contributed by atoms with E-state index in [1.807, 2.05) is 30.3 Å². The van der Waals surface area contributed by atoms with Crippen LogP contribution in [0, 0.1) is 0 Å². The van der Waals surface area contributed by atoms with Crippen molar-refractivity contribution in [3.8, 4) is 23.0 Å². The topological polar surface area (TPSA) is 110 Å². The largest absolute Gasteiger partial charge is 0.486 e. The molecule has 0 aliphatic carbocycles. The molecule has 0 bridgehead atoms. The van der Waals surface area contributed by atoms with Crippen LogP contribution in [0.1, 0.15) is 12.8 Å². The summed E-state index contributed by atoms with van der Waals surface area (Å²) in [6.45, 7) is 2.80. The quantitative estimate of drug-likeness (QED) is 0.491. The number of nitrogens with zero attached hydrogens (tertiary/aromatic N) is 4. The summed E-state index contributed by atoms with van der Waals surface area (Å²) in [6, 6.07) is 9.61. The molecular weight excluding hydrogens is 398 g/mol. The van der Waals surface area contributed by atoms with E-state index in [9.17, 15) is 0 Å². The Bertz CT molecular complexity index is 1040. The lowest BCUT2D eigenvalue weighted by Gasteiger charge is -2.21. The molecule has 1 saturated heterocycles. The minimum atomic E-state index is 0.284. The van der Waals surface area contributed by atoms with Gasteiger partial charge < -0.3 is 24.5 Å². The van der Waals surface area contributed by atoms with E-state index >= 15 is 0 Å². The zero-order valence-electron chi connectivity index (χ0n) is 17.3. The van der Waals surface area contributed by atoms with E-state index in [4.69, 9.17) is 13.9 Å². The van der Waals surface area contributed by atoms with Crippen molar-refractivity contribution < 1.29 is 13.9 Å². The summed E-state index contributed by atoms with van der Waals surface area (Å²) in [6.07, 6.45) is 4.47. The maximum Gasteiger partial charge on any atom is 0.320 e. The summed E-state index contributed by atoms with van der Waals surface area (Å²) in [5.41, 5.74) is 1.51. The molecule has 31 heavy (non-hydrogen) atoms. The molecule has 3 N–H and O–H groups in total. The fourth-order valence-corrected chi connectivity index (χ4v) is 3.77. The van der Waals surface area contributed by atoms with Crippen molar-refractivity contribution in [1.29, 1.82) is 0 Å². The van der Waals surface area contributed by atoms with E-state index in [1.165, 1.54) is 6.42 Å². The van der Waals surface area contributed by atoms with Gasteiger partial charge in [0.2, 0.25) is 0 Å². The molecule has 1 fully saturated rings. The Kier molecular flexibility index (Phi) is 5.55. The van der Waals surface area contributed by atoms with Crippen LogP contribution in [0.5, 0.6) is 11.5 Å². The third-order valence-corrected chi connectivity index (χ3v) is 5.37. The Hall–Kier alpha value is -3.37. The van der Waals surface area contributed by atoms with Crippen molar-refractivity contribution in [3.63, 3.8) is 0 Å². The van der Waals surface area contributed by atoms with Gasteiger partial charge in [-0.2, -0.15) is 0 Å². The smallest absolute Gasteiger partial charge is 0.320 e. The van der Waals surface area contributed by atoms with Crippen LogP contribution in [0.25, 0.3) is 11.5 Å². The monoisotopic (exact) mass is 423 g/mol. The highest BCUT2D eigenvalue weighted by atomic mass is 16.6. The Morgan fingerprint density at radius 2 is 2.03 bits per heavy atom. The number of nitrogens with one attached hydrogen (secondary N) is 3. The van der Waals surface area contributed by atoms with Gasteiger partial charge in [0, 0.05) is 18.0 Å². The van der Waals surface area contributed by atoms with E-state index in [-0.39, 0.29) is 6.01 Å². The molecule has 2 aliphatic rings. The fourth-order valence-electron chi connectivity index (χ4n) is 3.77. The van der Waals surface area contributed by atoms with Gasteiger partial charge >= 0.3 is 6.01 Å². The van der Waals surface area contributed by atoms with E-state index in [0.717, 1.165) is 30.0 Å². The normalized spacial score (nSPS) is 18.2.